The van der Waals surface area contributed by atoms with Crippen molar-refractivity contribution in [3.8, 4) is 6.07 Å². The normalized spacial score (nSPS) is 23.4. The summed E-state index contributed by atoms with van der Waals surface area (Å²) < 4.78 is 0.970. The zero-order chi connectivity index (χ0) is 13.3. The van der Waals surface area contributed by atoms with E-state index in [-0.39, 0.29) is 0 Å². The largest absolute Gasteiger partial charge is 0.370 e. The molecule has 1 fully saturated rings. The molecule has 1 aliphatic heterocycles. The Morgan fingerprint density at radius 1 is 1.33 bits per heavy atom. The third-order valence-electron chi connectivity index (χ3n) is 3.61. The van der Waals surface area contributed by atoms with E-state index in [1.165, 1.54) is 0 Å². The molecule has 0 spiro atoms. The third kappa shape index (κ3) is 2.68. The van der Waals surface area contributed by atoms with Gasteiger partial charge in [-0.05, 0) is 38.2 Å². The van der Waals surface area contributed by atoms with Crippen LogP contribution in [0, 0.1) is 17.2 Å². The van der Waals surface area contributed by atoms with E-state index >= 15 is 0 Å². The van der Waals surface area contributed by atoms with Gasteiger partial charge in [-0.25, -0.2) is 0 Å². The van der Waals surface area contributed by atoms with E-state index in [4.69, 9.17) is 5.26 Å². The van der Waals surface area contributed by atoms with Gasteiger partial charge in [0.25, 0.3) is 0 Å². The van der Waals surface area contributed by atoms with Gasteiger partial charge in [-0.2, -0.15) is 5.26 Å². The fourth-order valence-corrected chi connectivity index (χ4v) is 3.14. The predicted molar refractivity (Wildman–Crippen MR) is 77.7 cm³/mol. The molecule has 0 bridgehead atoms. The Kier molecular flexibility index (Phi) is 3.94. The summed E-state index contributed by atoms with van der Waals surface area (Å²) in [6, 6.07) is 8.70. The van der Waals surface area contributed by atoms with Gasteiger partial charge in [0, 0.05) is 29.3 Å². The van der Waals surface area contributed by atoms with Crippen molar-refractivity contribution in [1.29, 1.82) is 5.26 Å². The molecule has 0 N–H and O–H groups in total. The van der Waals surface area contributed by atoms with Crippen LogP contribution in [0.5, 0.6) is 0 Å². The minimum Gasteiger partial charge on any atom is -0.370 e. The average molecular weight is 308 g/mol. The molecular weight excluding hydrogens is 290 g/mol. The van der Waals surface area contributed by atoms with Gasteiger partial charge >= 0.3 is 0 Å². The molecule has 0 aliphatic carbocycles. The van der Waals surface area contributed by atoms with Crippen molar-refractivity contribution in [2.24, 2.45) is 5.92 Å². The molecule has 0 saturated carbocycles. The molecule has 2 atom stereocenters. The maximum absolute atomic E-state index is 9.02. The summed E-state index contributed by atoms with van der Waals surface area (Å²) in [5.41, 5.74) is 1.84. The molecule has 1 heterocycles. The van der Waals surface area contributed by atoms with Crippen LogP contribution < -0.4 is 4.90 Å². The summed E-state index contributed by atoms with van der Waals surface area (Å²) in [6.45, 7) is 4.35. The van der Waals surface area contributed by atoms with Gasteiger partial charge in [-0.15, -0.1) is 0 Å². The van der Waals surface area contributed by atoms with Crippen LogP contribution in [0.1, 0.15) is 12.5 Å². The van der Waals surface area contributed by atoms with Crippen molar-refractivity contribution in [2.45, 2.75) is 13.0 Å². The number of benzene rings is 1. The predicted octanol–water partition coefficient (Wildman–Crippen LogP) is 2.71. The molecular formula is C14H18BrN3. The Morgan fingerprint density at radius 3 is 2.61 bits per heavy atom. The molecule has 1 aliphatic rings. The zero-order valence-electron chi connectivity index (χ0n) is 11.0. The smallest absolute Gasteiger partial charge is 0.0992 e. The van der Waals surface area contributed by atoms with Crippen LogP contribution in [-0.4, -0.2) is 38.1 Å². The molecule has 18 heavy (non-hydrogen) atoms. The van der Waals surface area contributed by atoms with Crippen LogP contribution in [-0.2, 0) is 0 Å². The number of anilines is 1. The Morgan fingerprint density at radius 2 is 2.06 bits per heavy atom. The van der Waals surface area contributed by atoms with Crippen molar-refractivity contribution in [1.82, 2.24) is 4.90 Å². The molecule has 3 nitrogen and oxygen atoms in total. The summed E-state index contributed by atoms with van der Waals surface area (Å²) in [6.07, 6.45) is 0. The minimum absolute atomic E-state index is 0.578. The van der Waals surface area contributed by atoms with Crippen LogP contribution in [0.15, 0.2) is 22.7 Å². The molecule has 0 radical (unpaired) electrons. The Hall–Kier alpha value is -1.05. The van der Waals surface area contributed by atoms with Gasteiger partial charge in [0.1, 0.15) is 0 Å². The second-order valence-electron chi connectivity index (χ2n) is 5.22. The lowest BCUT2D eigenvalue weighted by Gasteiger charge is -2.23. The molecule has 1 aromatic carbocycles. The highest BCUT2D eigenvalue weighted by atomic mass is 79.9. The molecule has 1 aromatic rings. The molecule has 4 heteroatoms. The fourth-order valence-electron chi connectivity index (χ4n) is 2.65. The number of nitrogens with zero attached hydrogens (tertiary/aromatic N) is 3. The molecule has 0 amide bonds. The quantitative estimate of drug-likeness (QED) is 0.841. The first-order valence-corrected chi connectivity index (χ1v) is 6.92. The van der Waals surface area contributed by atoms with E-state index in [1.54, 1.807) is 0 Å². The van der Waals surface area contributed by atoms with Crippen LogP contribution in [0.2, 0.25) is 0 Å². The summed E-state index contributed by atoms with van der Waals surface area (Å²) >= 11 is 3.47. The average Bonchev–Trinajstić information content (AvgIpc) is 2.70. The molecule has 2 rings (SSSR count). The summed E-state index contributed by atoms with van der Waals surface area (Å²) in [5, 5.41) is 9.02. The minimum atomic E-state index is 0.578. The van der Waals surface area contributed by atoms with Gasteiger partial charge in [0.2, 0.25) is 0 Å². The zero-order valence-corrected chi connectivity index (χ0v) is 12.6. The second kappa shape index (κ2) is 5.29. The highest BCUT2D eigenvalue weighted by Gasteiger charge is 2.31. The van der Waals surface area contributed by atoms with E-state index < -0.39 is 0 Å². The summed E-state index contributed by atoms with van der Waals surface area (Å²) in [7, 11) is 4.26. The van der Waals surface area contributed by atoms with Gasteiger partial charge in [-0.3, -0.25) is 0 Å². The molecule has 1 saturated heterocycles. The first kappa shape index (κ1) is 13.4. The van der Waals surface area contributed by atoms with Crippen LogP contribution >= 0.6 is 15.9 Å². The summed E-state index contributed by atoms with van der Waals surface area (Å²) in [5.74, 6) is 0.643. The highest BCUT2D eigenvalue weighted by molar-refractivity contribution is 9.10. The topological polar surface area (TPSA) is 30.3 Å². The van der Waals surface area contributed by atoms with Crippen LogP contribution in [0.3, 0.4) is 0 Å². The summed E-state index contributed by atoms with van der Waals surface area (Å²) in [4.78, 5) is 4.65. The highest BCUT2D eigenvalue weighted by Crippen LogP contribution is 2.29. The Balaban J connectivity index is 2.24. The van der Waals surface area contributed by atoms with Gasteiger partial charge < -0.3 is 9.80 Å². The number of nitriles is 1. The van der Waals surface area contributed by atoms with E-state index in [2.05, 4.69) is 58.9 Å². The maximum Gasteiger partial charge on any atom is 0.0992 e. The lowest BCUT2D eigenvalue weighted by Crippen LogP contribution is -2.34. The fraction of sp³-hybridized carbons (Fsp3) is 0.500. The maximum atomic E-state index is 9.02. The Labute approximate surface area is 117 Å². The standard InChI is InChI=1S/C14H18BrN3/c1-10-8-18(9-14(10)17(2)3)13-5-11(7-16)4-12(15)6-13/h4-6,10,14H,8-9H2,1-3H3. The number of hydrogen-bond donors (Lipinski definition) is 0. The number of rotatable bonds is 2. The first-order chi connectivity index (χ1) is 8.51. The van der Waals surface area contributed by atoms with E-state index in [0.717, 1.165) is 23.2 Å². The number of likely N-dealkylation sites (N-methyl/N-ethyl adjacent to an activating group) is 1. The van der Waals surface area contributed by atoms with Gasteiger partial charge in [0.15, 0.2) is 0 Å². The van der Waals surface area contributed by atoms with E-state index in [0.29, 0.717) is 17.5 Å². The van der Waals surface area contributed by atoms with Crippen LogP contribution in [0.25, 0.3) is 0 Å². The van der Waals surface area contributed by atoms with Crippen molar-refractivity contribution >= 4 is 21.6 Å². The lowest BCUT2D eigenvalue weighted by molar-refractivity contribution is 0.266. The third-order valence-corrected chi connectivity index (χ3v) is 4.07. The lowest BCUT2D eigenvalue weighted by atomic mass is 10.1. The van der Waals surface area contributed by atoms with Gasteiger partial charge in [-0.1, -0.05) is 22.9 Å². The van der Waals surface area contributed by atoms with Gasteiger partial charge in [0.05, 0.1) is 11.6 Å². The second-order valence-corrected chi connectivity index (χ2v) is 6.14. The van der Waals surface area contributed by atoms with Crippen molar-refractivity contribution in [3.63, 3.8) is 0 Å². The number of halogens is 1. The molecule has 96 valence electrons. The van der Waals surface area contributed by atoms with Crippen molar-refractivity contribution in [3.05, 3.63) is 28.2 Å². The Bertz CT molecular complexity index is 478. The van der Waals surface area contributed by atoms with E-state index in [1.807, 2.05) is 12.1 Å². The van der Waals surface area contributed by atoms with Crippen molar-refractivity contribution in [2.75, 3.05) is 32.1 Å². The number of hydrogen-bond acceptors (Lipinski definition) is 3. The molecule has 0 aromatic heterocycles. The first-order valence-electron chi connectivity index (χ1n) is 6.13. The SMILES string of the molecule is CC1CN(c2cc(Br)cc(C#N)c2)CC1N(C)C. The monoisotopic (exact) mass is 307 g/mol. The van der Waals surface area contributed by atoms with Crippen LogP contribution in [0.4, 0.5) is 5.69 Å². The van der Waals surface area contributed by atoms with E-state index in [9.17, 15) is 0 Å². The molecule has 2 unspecified atom stereocenters. The van der Waals surface area contributed by atoms with Crippen molar-refractivity contribution < 1.29 is 0 Å².